The number of hydrogen-bond donors (Lipinski definition) is 0. The van der Waals surface area contributed by atoms with Gasteiger partial charge in [0.2, 0.25) is 11.4 Å². The van der Waals surface area contributed by atoms with Crippen molar-refractivity contribution in [1.82, 2.24) is 0 Å². The van der Waals surface area contributed by atoms with Gasteiger partial charge in [0.1, 0.15) is 7.05 Å². The lowest BCUT2D eigenvalue weighted by Crippen LogP contribution is -2.08. The number of benzene rings is 3. The molecule has 4 rings (SSSR count). The molecule has 1 aliphatic heterocycles. The molecule has 1 heterocycles. The van der Waals surface area contributed by atoms with E-state index in [4.69, 9.17) is 0 Å². The molecule has 0 fully saturated rings. The second-order valence-electron chi connectivity index (χ2n) is 6.44. The molecule has 2 nitrogen and oxygen atoms in total. The summed E-state index contributed by atoms with van der Waals surface area (Å²) in [4.78, 5) is 2.12. The Hall–Kier alpha value is -2.87. The van der Waals surface area contributed by atoms with Crippen LogP contribution in [0.5, 0.6) is 0 Å². The minimum atomic E-state index is 1.21. The van der Waals surface area contributed by atoms with Crippen LogP contribution in [0.1, 0.15) is 11.1 Å². The zero-order valence-electron chi connectivity index (χ0n) is 14.3. The molecule has 0 saturated heterocycles. The van der Waals surface area contributed by atoms with Gasteiger partial charge in [0.15, 0.2) is 0 Å². The average molecular weight is 313 g/mol. The van der Waals surface area contributed by atoms with Gasteiger partial charge in [-0.25, -0.2) is 0 Å². The highest BCUT2D eigenvalue weighted by Gasteiger charge is 2.27. The number of hydrogen-bond acceptors (Lipinski definition) is 1. The molecule has 3 aromatic rings. The van der Waals surface area contributed by atoms with Crippen molar-refractivity contribution < 1.29 is 4.58 Å². The smallest absolute Gasteiger partial charge is 0.214 e. The van der Waals surface area contributed by atoms with Crippen LogP contribution < -0.4 is 4.90 Å². The summed E-state index contributed by atoms with van der Waals surface area (Å²) < 4.78 is 2.28. The Balaban J connectivity index is 1.73. The summed E-state index contributed by atoms with van der Waals surface area (Å²) >= 11 is 0. The van der Waals surface area contributed by atoms with Gasteiger partial charge in [0, 0.05) is 31.9 Å². The van der Waals surface area contributed by atoms with Gasteiger partial charge in [-0.15, -0.1) is 0 Å². The Morgan fingerprint density at radius 2 is 1.54 bits per heavy atom. The quantitative estimate of drug-likeness (QED) is 0.636. The standard InChI is InChI=1S/C22H21N2/c1-23(2)18-13-10-16(11-14-18)12-15-20-19-8-4-6-17-7-5-9-21(22(17)19)24(20)3/h4-15H,1-3H3/q+1. The molecule has 0 aliphatic carbocycles. The fourth-order valence-corrected chi connectivity index (χ4v) is 3.38. The molecule has 2 heteroatoms. The van der Waals surface area contributed by atoms with Crippen LogP contribution in [0.2, 0.25) is 0 Å². The van der Waals surface area contributed by atoms with Crippen LogP contribution >= 0.6 is 0 Å². The van der Waals surface area contributed by atoms with E-state index in [2.05, 4.69) is 103 Å². The van der Waals surface area contributed by atoms with E-state index in [0.717, 1.165) is 0 Å². The van der Waals surface area contributed by atoms with Gasteiger partial charge >= 0.3 is 0 Å². The van der Waals surface area contributed by atoms with E-state index in [1.54, 1.807) is 0 Å². The number of nitrogens with zero attached hydrogens (tertiary/aromatic N) is 2. The van der Waals surface area contributed by atoms with Crippen LogP contribution in [-0.4, -0.2) is 31.4 Å². The molecule has 0 amide bonds. The number of allylic oxidation sites excluding steroid dienone is 1. The minimum absolute atomic E-state index is 1.21. The van der Waals surface area contributed by atoms with E-state index in [9.17, 15) is 0 Å². The maximum Gasteiger partial charge on any atom is 0.214 e. The molecule has 0 N–H and O–H groups in total. The van der Waals surface area contributed by atoms with Gasteiger partial charge in [-0.1, -0.05) is 36.4 Å². The molecule has 3 aromatic carbocycles. The first-order valence-electron chi connectivity index (χ1n) is 8.23. The fourth-order valence-electron chi connectivity index (χ4n) is 3.38. The van der Waals surface area contributed by atoms with Crippen LogP contribution in [-0.2, 0) is 0 Å². The van der Waals surface area contributed by atoms with Crippen molar-refractivity contribution in [3.8, 4) is 0 Å². The van der Waals surface area contributed by atoms with Gasteiger partial charge in [-0.3, -0.25) is 0 Å². The normalized spacial score (nSPS) is 13.3. The van der Waals surface area contributed by atoms with Crippen molar-refractivity contribution >= 4 is 33.9 Å². The molecular formula is C22H21N2+. The summed E-state index contributed by atoms with van der Waals surface area (Å²) in [6.45, 7) is 0. The van der Waals surface area contributed by atoms with Gasteiger partial charge in [0.05, 0.1) is 10.9 Å². The maximum absolute atomic E-state index is 2.28. The average Bonchev–Trinajstić information content (AvgIpc) is 2.88. The second kappa shape index (κ2) is 5.64. The molecule has 0 saturated carbocycles. The zero-order valence-corrected chi connectivity index (χ0v) is 14.3. The summed E-state index contributed by atoms with van der Waals surface area (Å²) in [6, 6.07) is 21.7. The summed E-state index contributed by atoms with van der Waals surface area (Å²) in [5.74, 6) is 0. The highest BCUT2D eigenvalue weighted by Crippen LogP contribution is 2.34. The Bertz CT molecular complexity index is 971. The third kappa shape index (κ3) is 2.31. The lowest BCUT2D eigenvalue weighted by atomic mass is 10.0. The van der Waals surface area contributed by atoms with E-state index < -0.39 is 0 Å². The molecule has 0 spiro atoms. The minimum Gasteiger partial charge on any atom is -0.378 e. The summed E-state index contributed by atoms with van der Waals surface area (Å²) in [7, 11) is 6.27. The molecule has 0 unspecified atom stereocenters. The van der Waals surface area contributed by atoms with E-state index in [0.29, 0.717) is 0 Å². The van der Waals surface area contributed by atoms with E-state index in [-0.39, 0.29) is 0 Å². The summed E-state index contributed by atoms with van der Waals surface area (Å²) in [5.41, 5.74) is 6.27. The Labute approximate surface area is 143 Å². The first kappa shape index (κ1) is 14.7. The third-order valence-electron chi connectivity index (χ3n) is 4.72. The predicted octanol–water partition coefficient (Wildman–Crippen LogP) is 4.70. The first-order chi connectivity index (χ1) is 11.6. The monoisotopic (exact) mass is 313 g/mol. The van der Waals surface area contributed by atoms with Crippen molar-refractivity contribution in [3.63, 3.8) is 0 Å². The first-order valence-corrected chi connectivity index (χ1v) is 8.23. The second-order valence-corrected chi connectivity index (χ2v) is 6.44. The Morgan fingerprint density at radius 1 is 0.833 bits per heavy atom. The molecule has 118 valence electrons. The molecular weight excluding hydrogens is 292 g/mol. The highest BCUT2D eigenvalue weighted by molar-refractivity contribution is 6.20. The summed E-state index contributed by atoms with van der Waals surface area (Å²) in [6.07, 6.45) is 4.41. The predicted molar refractivity (Wildman–Crippen MR) is 104 cm³/mol. The largest absolute Gasteiger partial charge is 0.378 e. The molecule has 0 radical (unpaired) electrons. The molecule has 0 bridgehead atoms. The van der Waals surface area contributed by atoms with Crippen molar-refractivity contribution in [2.75, 3.05) is 26.0 Å². The van der Waals surface area contributed by atoms with Crippen molar-refractivity contribution in [2.45, 2.75) is 0 Å². The van der Waals surface area contributed by atoms with Crippen molar-refractivity contribution in [3.05, 3.63) is 77.9 Å². The number of anilines is 1. The van der Waals surface area contributed by atoms with Gasteiger partial charge in [0.25, 0.3) is 0 Å². The molecule has 1 aliphatic rings. The zero-order chi connectivity index (χ0) is 16.7. The van der Waals surface area contributed by atoms with Crippen molar-refractivity contribution in [1.29, 1.82) is 0 Å². The third-order valence-corrected chi connectivity index (χ3v) is 4.72. The Kier molecular flexibility index (Phi) is 3.46. The fraction of sp³-hybridized carbons (Fsp3) is 0.136. The number of rotatable bonds is 3. The van der Waals surface area contributed by atoms with Gasteiger partial charge < -0.3 is 4.90 Å². The van der Waals surface area contributed by atoms with E-state index >= 15 is 0 Å². The maximum atomic E-state index is 2.28. The molecule has 24 heavy (non-hydrogen) atoms. The lowest BCUT2D eigenvalue weighted by Gasteiger charge is -2.11. The van der Waals surface area contributed by atoms with Gasteiger partial charge in [-0.05, 0) is 35.2 Å². The van der Waals surface area contributed by atoms with E-state index in [1.807, 2.05) is 0 Å². The van der Waals surface area contributed by atoms with Crippen LogP contribution in [0.3, 0.4) is 0 Å². The van der Waals surface area contributed by atoms with Crippen LogP contribution in [0.4, 0.5) is 11.4 Å². The highest BCUT2D eigenvalue weighted by atomic mass is 15.1. The topological polar surface area (TPSA) is 6.25 Å². The van der Waals surface area contributed by atoms with Gasteiger partial charge in [-0.2, -0.15) is 4.58 Å². The Morgan fingerprint density at radius 3 is 2.25 bits per heavy atom. The molecule has 0 aromatic heterocycles. The van der Waals surface area contributed by atoms with Crippen molar-refractivity contribution in [2.24, 2.45) is 0 Å². The summed E-state index contributed by atoms with van der Waals surface area (Å²) in [5, 5.41) is 2.65. The lowest BCUT2D eigenvalue weighted by molar-refractivity contribution is -0.399. The SMILES string of the molecule is CN(C)c1ccc(/C=C/C2=[N+](C)c3cccc4cccc2c34)cc1. The van der Waals surface area contributed by atoms with E-state index in [1.165, 1.54) is 39.0 Å². The van der Waals surface area contributed by atoms with Crippen LogP contribution in [0.15, 0.2) is 66.7 Å². The molecule has 0 atom stereocenters. The van der Waals surface area contributed by atoms with Crippen LogP contribution in [0.25, 0.3) is 16.8 Å². The van der Waals surface area contributed by atoms with Crippen LogP contribution in [0, 0.1) is 0 Å².